The summed E-state index contributed by atoms with van der Waals surface area (Å²) in [6.07, 6.45) is 6.33. The summed E-state index contributed by atoms with van der Waals surface area (Å²) in [6, 6.07) is -0.0431. The smallest absolute Gasteiger partial charge is 0.229 e. The molecule has 5 aliphatic rings. The minimum absolute atomic E-state index is 0.0431. The number of epoxide rings is 1. The van der Waals surface area contributed by atoms with Crippen LogP contribution < -0.4 is 0 Å². The zero-order chi connectivity index (χ0) is 16.0. The monoisotopic (exact) mass is 321 g/mol. The predicted molar refractivity (Wildman–Crippen MR) is 82.7 cm³/mol. The second kappa shape index (κ2) is 4.50. The van der Waals surface area contributed by atoms with Crippen LogP contribution in [0.3, 0.4) is 0 Å². The molecule has 4 saturated heterocycles. The molecular weight excluding hydrogens is 294 g/mol. The Kier molecular flexibility index (Phi) is 2.87. The van der Waals surface area contributed by atoms with Crippen LogP contribution in [0.25, 0.3) is 0 Å². The number of aliphatic hydroxyl groups excluding tert-OH is 1. The number of hydrogen-bond donors (Lipinski definition) is 1. The predicted octanol–water partition coefficient (Wildman–Crippen LogP) is 1.33. The average molecular weight is 321 g/mol. The highest BCUT2D eigenvalue weighted by atomic mass is 16.7. The van der Waals surface area contributed by atoms with Gasteiger partial charge in [0, 0.05) is 5.41 Å². The van der Waals surface area contributed by atoms with Gasteiger partial charge < -0.3 is 19.5 Å². The summed E-state index contributed by atoms with van der Waals surface area (Å²) in [4.78, 5) is 15.2. The maximum Gasteiger partial charge on any atom is 0.229 e. The van der Waals surface area contributed by atoms with Gasteiger partial charge in [-0.1, -0.05) is 33.1 Å². The van der Waals surface area contributed by atoms with Crippen molar-refractivity contribution in [3.63, 3.8) is 0 Å². The van der Waals surface area contributed by atoms with Crippen molar-refractivity contribution >= 4 is 5.91 Å². The molecule has 5 nitrogen and oxygen atoms in total. The van der Waals surface area contributed by atoms with Gasteiger partial charge in [0.2, 0.25) is 5.91 Å². The van der Waals surface area contributed by atoms with Crippen LogP contribution in [0.4, 0.5) is 0 Å². The van der Waals surface area contributed by atoms with Crippen molar-refractivity contribution in [2.75, 3.05) is 13.2 Å². The summed E-state index contributed by atoms with van der Waals surface area (Å²) >= 11 is 0. The topological polar surface area (TPSA) is 62.3 Å². The minimum Gasteiger partial charge on any atom is -0.394 e. The Morgan fingerprint density at radius 3 is 2.70 bits per heavy atom. The molecule has 0 aromatic rings. The van der Waals surface area contributed by atoms with Crippen LogP contribution >= 0.6 is 0 Å². The van der Waals surface area contributed by atoms with Crippen molar-refractivity contribution in [2.24, 2.45) is 17.3 Å². The maximum absolute atomic E-state index is 13.3. The lowest BCUT2D eigenvalue weighted by Crippen LogP contribution is -2.48. The third kappa shape index (κ3) is 1.66. The Bertz CT molecular complexity index is 543. The van der Waals surface area contributed by atoms with Crippen LogP contribution in [-0.2, 0) is 14.3 Å². The summed E-state index contributed by atoms with van der Waals surface area (Å²) in [6.45, 7) is 4.98. The molecule has 1 aliphatic carbocycles. The number of aliphatic hydroxyl groups is 1. The number of rotatable bonds is 3. The second-order valence-corrected chi connectivity index (χ2v) is 8.88. The maximum atomic E-state index is 13.3. The Morgan fingerprint density at radius 2 is 2.00 bits per heavy atom. The molecule has 1 N–H and O–H groups in total. The largest absolute Gasteiger partial charge is 0.394 e. The van der Waals surface area contributed by atoms with Gasteiger partial charge >= 0.3 is 0 Å². The van der Waals surface area contributed by atoms with Crippen LogP contribution in [0.2, 0.25) is 0 Å². The van der Waals surface area contributed by atoms with Gasteiger partial charge in [-0.2, -0.15) is 0 Å². The molecule has 0 aromatic carbocycles. The molecule has 1 spiro atoms. The molecule has 0 aromatic heterocycles. The molecule has 0 radical (unpaired) electrons. The zero-order valence-corrected chi connectivity index (χ0v) is 14.0. The van der Waals surface area contributed by atoms with Gasteiger partial charge in [0.05, 0.1) is 31.2 Å². The third-order valence-electron chi connectivity index (χ3n) is 7.35. The van der Waals surface area contributed by atoms with E-state index >= 15 is 0 Å². The van der Waals surface area contributed by atoms with Gasteiger partial charge in [0.25, 0.3) is 0 Å². The summed E-state index contributed by atoms with van der Waals surface area (Å²) in [5.41, 5.74) is -0.617. The lowest BCUT2D eigenvalue weighted by atomic mass is 9.65. The number of carbonyl (C=O) groups excluding carboxylic acids is 1. The fraction of sp³-hybridized carbons (Fsp3) is 0.944. The van der Waals surface area contributed by atoms with E-state index in [9.17, 15) is 9.90 Å². The Hall–Kier alpha value is -0.650. The van der Waals surface area contributed by atoms with E-state index in [2.05, 4.69) is 13.8 Å². The molecule has 5 fully saturated rings. The standard InChI is InChI=1S/C18H27NO4/c1-17(2)13-16(21)19(11(8-20)10-6-4-3-5-7-10)9-18(13)15-12(22-15)14(17)23-18/h10-15,20H,3-9H2,1-2H3/t11-,12+,13-,14-,15+,18-/m0/s1. The highest BCUT2D eigenvalue weighted by molar-refractivity contribution is 5.86. The Morgan fingerprint density at radius 1 is 1.26 bits per heavy atom. The lowest BCUT2D eigenvalue weighted by molar-refractivity contribution is -0.138. The molecule has 5 heteroatoms. The normalized spacial score (nSPS) is 48.5. The highest BCUT2D eigenvalue weighted by Gasteiger charge is 2.84. The van der Waals surface area contributed by atoms with E-state index in [1.54, 1.807) is 0 Å². The molecule has 1 saturated carbocycles. The lowest BCUT2D eigenvalue weighted by Gasteiger charge is -2.37. The van der Waals surface area contributed by atoms with Crippen LogP contribution in [0.15, 0.2) is 0 Å². The van der Waals surface area contributed by atoms with Crippen LogP contribution in [0, 0.1) is 17.3 Å². The van der Waals surface area contributed by atoms with Gasteiger partial charge in [0.15, 0.2) is 0 Å². The van der Waals surface area contributed by atoms with Gasteiger partial charge in [-0.25, -0.2) is 0 Å². The van der Waals surface area contributed by atoms with E-state index < -0.39 is 5.60 Å². The van der Waals surface area contributed by atoms with E-state index in [4.69, 9.17) is 9.47 Å². The Balaban J connectivity index is 1.46. The summed E-state index contributed by atoms with van der Waals surface area (Å²) < 4.78 is 12.2. The summed E-state index contributed by atoms with van der Waals surface area (Å²) in [5, 5.41) is 10.0. The molecule has 0 unspecified atom stereocenters. The Labute approximate surface area is 137 Å². The van der Waals surface area contributed by atoms with Crippen LogP contribution in [0.5, 0.6) is 0 Å². The molecule has 4 aliphatic heterocycles. The first-order chi connectivity index (χ1) is 11.0. The molecule has 6 atom stereocenters. The first-order valence-electron chi connectivity index (χ1n) is 9.25. The summed E-state index contributed by atoms with van der Waals surface area (Å²) in [5.74, 6) is 0.515. The van der Waals surface area contributed by atoms with E-state index in [0.29, 0.717) is 12.5 Å². The van der Waals surface area contributed by atoms with Crippen LogP contribution in [0.1, 0.15) is 46.0 Å². The number of carbonyl (C=O) groups is 1. The van der Waals surface area contributed by atoms with E-state index in [1.165, 1.54) is 19.3 Å². The molecule has 5 rings (SSSR count). The van der Waals surface area contributed by atoms with E-state index in [1.807, 2.05) is 4.90 Å². The van der Waals surface area contributed by atoms with Gasteiger partial charge in [-0.3, -0.25) is 4.79 Å². The fourth-order valence-electron chi connectivity index (χ4n) is 6.28. The molecule has 1 amide bonds. The third-order valence-corrected chi connectivity index (χ3v) is 7.35. The quantitative estimate of drug-likeness (QED) is 0.797. The van der Waals surface area contributed by atoms with Gasteiger partial charge in [-0.05, 0) is 18.8 Å². The summed E-state index contributed by atoms with van der Waals surface area (Å²) in [7, 11) is 0. The number of fused-ring (bicyclic) bond motifs is 3. The number of nitrogens with zero attached hydrogens (tertiary/aromatic N) is 1. The van der Waals surface area contributed by atoms with Gasteiger partial charge in [-0.15, -0.1) is 0 Å². The molecule has 2 bridgehead atoms. The zero-order valence-electron chi connectivity index (χ0n) is 14.0. The molecule has 4 heterocycles. The fourth-order valence-corrected chi connectivity index (χ4v) is 6.28. The number of hydrogen-bond acceptors (Lipinski definition) is 4. The first kappa shape index (κ1) is 14.7. The van der Waals surface area contributed by atoms with Crippen molar-refractivity contribution < 1.29 is 19.4 Å². The minimum atomic E-state index is -0.446. The van der Waals surface area contributed by atoms with Gasteiger partial charge in [0.1, 0.15) is 17.8 Å². The number of likely N-dealkylation sites (tertiary alicyclic amines) is 1. The first-order valence-corrected chi connectivity index (χ1v) is 9.25. The highest BCUT2D eigenvalue weighted by Crippen LogP contribution is 2.67. The number of amides is 1. The van der Waals surface area contributed by atoms with E-state index in [0.717, 1.165) is 12.8 Å². The van der Waals surface area contributed by atoms with Crippen molar-refractivity contribution in [1.29, 1.82) is 0 Å². The van der Waals surface area contributed by atoms with Crippen molar-refractivity contribution in [1.82, 2.24) is 4.90 Å². The second-order valence-electron chi connectivity index (χ2n) is 8.88. The number of ether oxygens (including phenoxy) is 2. The SMILES string of the molecule is CC1(C)[C@H]2O[C@]3(CN([C@@H](CO)C4CCCCC4)C(=O)[C@@H]13)[C@@H]1O[C@@H]12. The molecule has 128 valence electrons. The molecular formula is C18H27NO4. The molecule has 23 heavy (non-hydrogen) atoms. The van der Waals surface area contributed by atoms with Crippen molar-refractivity contribution in [2.45, 2.75) is 75.9 Å². The van der Waals surface area contributed by atoms with E-state index in [-0.39, 0.29) is 48.2 Å². The average Bonchev–Trinajstić information content (AvgIpc) is 3.14. The van der Waals surface area contributed by atoms with Crippen molar-refractivity contribution in [3.8, 4) is 0 Å². The van der Waals surface area contributed by atoms with Crippen LogP contribution in [-0.4, -0.2) is 59.0 Å². The van der Waals surface area contributed by atoms with Crippen molar-refractivity contribution in [3.05, 3.63) is 0 Å².